The van der Waals surface area contributed by atoms with E-state index in [9.17, 15) is 4.79 Å². The Hall–Kier alpha value is -1.91. The zero-order valence-electron chi connectivity index (χ0n) is 12.3. The maximum absolute atomic E-state index is 12.5. The summed E-state index contributed by atoms with van der Waals surface area (Å²) in [6, 6.07) is 13.2. The monoisotopic (exact) mass is 316 g/mol. The van der Waals surface area contributed by atoms with Gasteiger partial charge < -0.3 is 9.80 Å². The predicted molar refractivity (Wildman–Crippen MR) is 86.0 cm³/mol. The molecular weight excluding hydrogens is 298 g/mol. The van der Waals surface area contributed by atoms with Crippen LogP contribution in [0.5, 0.6) is 0 Å². The van der Waals surface area contributed by atoms with E-state index in [0.717, 1.165) is 38.4 Å². The molecule has 1 aliphatic heterocycles. The van der Waals surface area contributed by atoms with Gasteiger partial charge in [0.1, 0.15) is 6.54 Å². The number of nitrogens with one attached hydrogen (secondary N) is 1. The number of quaternary nitrogens is 1. The smallest absolute Gasteiger partial charge is 0.254 e. The Kier molecular flexibility index (Phi) is 4.71. The molecule has 5 heteroatoms. The summed E-state index contributed by atoms with van der Waals surface area (Å²) in [6.07, 6.45) is 1.83. The maximum Gasteiger partial charge on any atom is 0.254 e. The van der Waals surface area contributed by atoms with Crippen molar-refractivity contribution in [3.05, 3.63) is 64.9 Å². The molecule has 0 saturated carbocycles. The number of nitrogens with zero attached hydrogens (tertiary/aromatic N) is 2. The fraction of sp³-hybridized carbons (Fsp3) is 0.294. The third kappa shape index (κ3) is 3.64. The lowest BCUT2D eigenvalue weighted by Gasteiger charge is -2.32. The van der Waals surface area contributed by atoms with Gasteiger partial charge in [-0.25, -0.2) is 0 Å². The van der Waals surface area contributed by atoms with Crippen LogP contribution in [0.2, 0.25) is 5.02 Å². The zero-order chi connectivity index (χ0) is 15.4. The van der Waals surface area contributed by atoms with Crippen molar-refractivity contribution >= 4 is 17.5 Å². The summed E-state index contributed by atoms with van der Waals surface area (Å²) in [7, 11) is 0. The van der Waals surface area contributed by atoms with Crippen LogP contribution < -0.4 is 4.90 Å². The van der Waals surface area contributed by atoms with Gasteiger partial charge in [-0.05, 0) is 30.3 Å². The molecule has 1 fully saturated rings. The van der Waals surface area contributed by atoms with Gasteiger partial charge in [0.15, 0.2) is 0 Å². The van der Waals surface area contributed by atoms with E-state index >= 15 is 0 Å². The molecule has 0 aliphatic carbocycles. The Morgan fingerprint density at radius 2 is 2.00 bits per heavy atom. The number of halogens is 1. The van der Waals surface area contributed by atoms with Gasteiger partial charge in [-0.15, -0.1) is 0 Å². The Labute approximate surface area is 135 Å². The minimum absolute atomic E-state index is 0.0689. The van der Waals surface area contributed by atoms with Gasteiger partial charge in [0, 0.05) is 16.8 Å². The van der Waals surface area contributed by atoms with Crippen molar-refractivity contribution in [3.63, 3.8) is 0 Å². The molecule has 1 amide bonds. The van der Waals surface area contributed by atoms with Crippen molar-refractivity contribution in [1.82, 2.24) is 9.88 Å². The van der Waals surface area contributed by atoms with Crippen molar-refractivity contribution in [2.24, 2.45) is 0 Å². The summed E-state index contributed by atoms with van der Waals surface area (Å²) in [5, 5.41) is 0.602. The van der Waals surface area contributed by atoms with Crippen LogP contribution in [0.4, 0.5) is 0 Å². The van der Waals surface area contributed by atoms with E-state index in [1.807, 2.05) is 35.4 Å². The first kappa shape index (κ1) is 15.0. The highest BCUT2D eigenvalue weighted by Gasteiger charge is 2.24. The molecule has 0 unspecified atom stereocenters. The largest absolute Gasteiger partial charge is 0.327 e. The van der Waals surface area contributed by atoms with Crippen LogP contribution >= 0.6 is 11.6 Å². The van der Waals surface area contributed by atoms with E-state index in [1.165, 1.54) is 4.90 Å². The average molecular weight is 317 g/mol. The number of piperazine rings is 1. The lowest BCUT2D eigenvalue weighted by atomic mass is 10.2. The number of aromatic nitrogens is 1. The van der Waals surface area contributed by atoms with E-state index in [0.29, 0.717) is 10.6 Å². The summed E-state index contributed by atoms with van der Waals surface area (Å²) < 4.78 is 0. The molecule has 1 N–H and O–H groups in total. The van der Waals surface area contributed by atoms with Gasteiger partial charge in [-0.3, -0.25) is 9.78 Å². The summed E-state index contributed by atoms with van der Waals surface area (Å²) in [5.74, 6) is 0.0689. The Balaban J connectivity index is 1.56. The molecule has 2 aromatic rings. The normalized spacial score (nSPS) is 15.8. The molecular formula is C17H19ClN3O+. The molecule has 0 bridgehead atoms. The molecule has 1 aromatic heterocycles. The molecule has 114 valence electrons. The van der Waals surface area contributed by atoms with Crippen LogP contribution in [-0.4, -0.2) is 42.0 Å². The van der Waals surface area contributed by atoms with Crippen LogP contribution in [-0.2, 0) is 6.54 Å². The van der Waals surface area contributed by atoms with E-state index in [4.69, 9.17) is 11.6 Å². The maximum atomic E-state index is 12.5. The van der Waals surface area contributed by atoms with E-state index in [-0.39, 0.29) is 5.91 Å². The number of hydrogen-bond acceptors (Lipinski definition) is 2. The molecule has 0 radical (unpaired) electrons. The van der Waals surface area contributed by atoms with Gasteiger partial charge in [-0.2, -0.15) is 0 Å². The first-order chi connectivity index (χ1) is 10.7. The Morgan fingerprint density at radius 1 is 1.18 bits per heavy atom. The number of carbonyl (C=O) groups is 1. The van der Waals surface area contributed by atoms with Gasteiger partial charge in [0.05, 0.1) is 31.9 Å². The fourth-order valence-electron chi connectivity index (χ4n) is 2.77. The second kappa shape index (κ2) is 6.90. The van der Waals surface area contributed by atoms with E-state index in [1.54, 1.807) is 12.1 Å². The Morgan fingerprint density at radius 3 is 2.68 bits per heavy atom. The minimum Gasteiger partial charge on any atom is -0.327 e. The number of rotatable bonds is 3. The van der Waals surface area contributed by atoms with Crippen molar-refractivity contribution in [2.75, 3.05) is 26.2 Å². The van der Waals surface area contributed by atoms with E-state index in [2.05, 4.69) is 11.1 Å². The van der Waals surface area contributed by atoms with Gasteiger partial charge >= 0.3 is 0 Å². The van der Waals surface area contributed by atoms with Crippen molar-refractivity contribution in [1.29, 1.82) is 0 Å². The zero-order valence-corrected chi connectivity index (χ0v) is 13.1. The molecule has 1 aromatic carbocycles. The van der Waals surface area contributed by atoms with Gasteiger partial charge in [-0.1, -0.05) is 23.7 Å². The first-order valence-corrected chi connectivity index (χ1v) is 7.88. The number of carbonyl (C=O) groups excluding carboxylic acids is 1. The second-order valence-electron chi connectivity index (χ2n) is 5.55. The average Bonchev–Trinajstić information content (AvgIpc) is 2.56. The summed E-state index contributed by atoms with van der Waals surface area (Å²) in [6.45, 7) is 4.35. The standard InChI is InChI=1S/C17H18ClN3O/c18-15-5-3-4-14(12-15)17(22)21-10-8-20(9-11-21)13-16-6-1-2-7-19-16/h1-7,12H,8-11,13H2/p+1. The predicted octanol–water partition coefficient (Wildman–Crippen LogP) is 1.28. The third-order valence-corrected chi connectivity index (χ3v) is 4.22. The van der Waals surface area contributed by atoms with Gasteiger partial charge in [0.2, 0.25) is 0 Å². The lowest BCUT2D eigenvalue weighted by molar-refractivity contribution is -0.917. The highest BCUT2D eigenvalue weighted by molar-refractivity contribution is 6.30. The summed E-state index contributed by atoms with van der Waals surface area (Å²) >= 11 is 5.96. The fourth-order valence-corrected chi connectivity index (χ4v) is 2.96. The molecule has 0 atom stereocenters. The quantitative estimate of drug-likeness (QED) is 0.926. The SMILES string of the molecule is O=C(c1cccc(Cl)c1)N1CC[NH+](Cc2ccccn2)CC1. The highest BCUT2D eigenvalue weighted by Crippen LogP contribution is 2.12. The second-order valence-corrected chi connectivity index (χ2v) is 5.99. The van der Waals surface area contributed by atoms with Crippen molar-refractivity contribution in [3.8, 4) is 0 Å². The van der Waals surface area contributed by atoms with Crippen molar-refractivity contribution < 1.29 is 9.69 Å². The number of amides is 1. The highest BCUT2D eigenvalue weighted by atomic mass is 35.5. The molecule has 22 heavy (non-hydrogen) atoms. The van der Waals surface area contributed by atoms with Gasteiger partial charge in [0.25, 0.3) is 5.91 Å². The lowest BCUT2D eigenvalue weighted by Crippen LogP contribution is -3.13. The van der Waals surface area contributed by atoms with E-state index < -0.39 is 0 Å². The molecule has 1 aliphatic rings. The van der Waals surface area contributed by atoms with Crippen molar-refractivity contribution in [2.45, 2.75) is 6.54 Å². The van der Waals surface area contributed by atoms with Crippen LogP contribution in [0.15, 0.2) is 48.7 Å². The summed E-state index contributed by atoms with van der Waals surface area (Å²) in [4.78, 5) is 20.2. The molecule has 1 saturated heterocycles. The Bertz CT molecular complexity index is 639. The van der Waals surface area contributed by atoms with Crippen LogP contribution in [0, 0.1) is 0 Å². The number of benzene rings is 1. The summed E-state index contributed by atoms with van der Waals surface area (Å²) in [5.41, 5.74) is 1.77. The van der Waals surface area contributed by atoms with Crippen LogP contribution in [0.1, 0.15) is 16.1 Å². The topological polar surface area (TPSA) is 37.6 Å². The molecule has 2 heterocycles. The minimum atomic E-state index is 0.0689. The first-order valence-electron chi connectivity index (χ1n) is 7.51. The van der Waals surface area contributed by atoms with Crippen LogP contribution in [0.3, 0.4) is 0 Å². The third-order valence-electron chi connectivity index (χ3n) is 3.99. The number of hydrogen-bond donors (Lipinski definition) is 1. The number of pyridine rings is 1. The molecule has 0 spiro atoms. The molecule has 4 nitrogen and oxygen atoms in total. The molecule has 3 rings (SSSR count). The van der Waals surface area contributed by atoms with Crippen LogP contribution in [0.25, 0.3) is 0 Å².